The lowest BCUT2D eigenvalue weighted by atomic mass is 10.1. The van der Waals surface area contributed by atoms with Gasteiger partial charge in [-0.1, -0.05) is 6.92 Å². The molecule has 0 heterocycles. The van der Waals surface area contributed by atoms with E-state index in [2.05, 4.69) is 10.5 Å². The first-order valence-corrected chi connectivity index (χ1v) is 8.12. The second kappa shape index (κ2) is 8.52. The third-order valence-electron chi connectivity index (χ3n) is 3.71. The molecule has 9 heteroatoms. The number of halogens is 3. The van der Waals surface area contributed by atoms with Crippen LogP contribution in [0.15, 0.2) is 47.6 Å². The zero-order chi connectivity index (χ0) is 20.0. The van der Waals surface area contributed by atoms with Crippen LogP contribution in [-0.2, 0) is 6.18 Å². The Bertz CT molecular complexity index is 821. The maximum absolute atomic E-state index is 12.7. The lowest BCUT2D eigenvalue weighted by Crippen LogP contribution is -2.09. The summed E-state index contributed by atoms with van der Waals surface area (Å²) in [5, 5.41) is 14.9. The van der Waals surface area contributed by atoms with E-state index in [0.717, 1.165) is 18.6 Å². The monoisotopic (exact) mass is 381 g/mol. The number of hydrazone groups is 1. The maximum atomic E-state index is 12.7. The molecule has 0 amide bonds. The Morgan fingerprint density at radius 1 is 1.26 bits per heavy atom. The van der Waals surface area contributed by atoms with E-state index >= 15 is 0 Å². The number of alkyl halides is 3. The van der Waals surface area contributed by atoms with Gasteiger partial charge >= 0.3 is 6.18 Å². The van der Waals surface area contributed by atoms with Crippen LogP contribution in [0.5, 0.6) is 5.75 Å². The van der Waals surface area contributed by atoms with Gasteiger partial charge in [0.25, 0.3) is 5.69 Å². The highest BCUT2D eigenvalue weighted by Crippen LogP contribution is 2.34. The Morgan fingerprint density at radius 3 is 2.48 bits per heavy atom. The van der Waals surface area contributed by atoms with Crippen molar-refractivity contribution in [2.45, 2.75) is 32.5 Å². The lowest BCUT2D eigenvalue weighted by Gasteiger charge is -2.12. The summed E-state index contributed by atoms with van der Waals surface area (Å²) >= 11 is 0. The molecule has 27 heavy (non-hydrogen) atoms. The number of nitro benzene ring substituents is 1. The molecular weight excluding hydrogens is 363 g/mol. The minimum atomic E-state index is -4.66. The average Bonchev–Trinajstić information content (AvgIpc) is 2.62. The first-order chi connectivity index (χ1) is 12.7. The molecule has 0 aliphatic carbocycles. The van der Waals surface area contributed by atoms with Gasteiger partial charge in [0.1, 0.15) is 11.4 Å². The van der Waals surface area contributed by atoms with E-state index in [1.54, 1.807) is 24.3 Å². The smallest absolute Gasteiger partial charge is 0.416 e. The number of rotatable bonds is 7. The van der Waals surface area contributed by atoms with Crippen LogP contribution in [0.3, 0.4) is 0 Å². The third-order valence-corrected chi connectivity index (χ3v) is 3.71. The number of hydrogen-bond donors (Lipinski definition) is 1. The molecule has 0 saturated heterocycles. The van der Waals surface area contributed by atoms with Crippen molar-refractivity contribution >= 4 is 17.6 Å². The van der Waals surface area contributed by atoms with Gasteiger partial charge in [0.15, 0.2) is 0 Å². The van der Waals surface area contributed by atoms with Crippen molar-refractivity contribution in [2.75, 3.05) is 5.43 Å². The Morgan fingerprint density at radius 2 is 1.93 bits per heavy atom. The maximum Gasteiger partial charge on any atom is 0.416 e. The van der Waals surface area contributed by atoms with Gasteiger partial charge in [-0.05, 0) is 55.3 Å². The molecule has 6 nitrogen and oxygen atoms in total. The normalized spacial score (nSPS) is 12.8. The zero-order valence-corrected chi connectivity index (χ0v) is 14.7. The van der Waals surface area contributed by atoms with E-state index < -0.39 is 22.4 Å². The Balaban J connectivity index is 2.10. The van der Waals surface area contributed by atoms with Crippen molar-refractivity contribution in [2.24, 2.45) is 5.10 Å². The summed E-state index contributed by atoms with van der Waals surface area (Å²) in [6.45, 7) is 3.97. The quantitative estimate of drug-likeness (QED) is 0.404. The molecule has 0 aliphatic rings. The molecule has 0 aromatic heterocycles. The first kappa shape index (κ1) is 20.2. The summed E-state index contributed by atoms with van der Waals surface area (Å²) in [6.07, 6.45) is -2.30. The standard InChI is InChI=1S/C18H18F3N3O3/c1-3-12(2)27-15-7-4-13(5-8-15)11-22-23-16-9-6-14(18(19,20)21)10-17(16)24(25)26/h4-12,23H,3H2,1-2H3/b22-11-/t12-/m1/s1. The van der Waals surface area contributed by atoms with Gasteiger partial charge < -0.3 is 4.74 Å². The number of nitrogens with one attached hydrogen (secondary N) is 1. The van der Waals surface area contributed by atoms with Crippen molar-refractivity contribution in [3.63, 3.8) is 0 Å². The number of benzene rings is 2. The molecule has 0 spiro atoms. The van der Waals surface area contributed by atoms with Crippen LogP contribution in [0.4, 0.5) is 24.5 Å². The number of ether oxygens (including phenoxy) is 1. The van der Waals surface area contributed by atoms with Gasteiger partial charge in [0.2, 0.25) is 0 Å². The number of nitro groups is 1. The van der Waals surface area contributed by atoms with E-state index in [1.165, 1.54) is 6.21 Å². The van der Waals surface area contributed by atoms with E-state index in [9.17, 15) is 23.3 Å². The van der Waals surface area contributed by atoms with E-state index in [4.69, 9.17) is 4.74 Å². The lowest BCUT2D eigenvalue weighted by molar-refractivity contribution is -0.384. The molecule has 2 aromatic rings. The molecule has 1 atom stereocenters. The predicted octanol–water partition coefficient (Wildman–Crippen LogP) is 5.24. The van der Waals surface area contributed by atoms with Crippen LogP contribution >= 0.6 is 0 Å². The summed E-state index contributed by atoms with van der Waals surface area (Å²) in [5.74, 6) is 0.702. The molecular formula is C18H18F3N3O3. The fraction of sp³-hybridized carbons (Fsp3) is 0.278. The molecule has 2 aromatic carbocycles. The number of nitrogens with zero attached hydrogens (tertiary/aromatic N) is 2. The topological polar surface area (TPSA) is 76.8 Å². The largest absolute Gasteiger partial charge is 0.491 e. The summed E-state index contributed by atoms with van der Waals surface area (Å²) in [5.41, 5.74) is 1.15. The highest BCUT2D eigenvalue weighted by atomic mass is 19.4. The molecule has 2 rings (SSSR count). The van der Waals surface area contributed by atoms with Gasteiger partial charge in [0.05, 0.1) is 22.8 Å². The molecule has 1 N–H and O–H groups in total. The van der Waals surface area contributed by atoms with Gasteiger partial charge in [0, 0.05) is 6.07 Å². The minimum Gasteiger partial charge on any atom is -0.491 e. The van der Waals surface area contributed by atoms with Crippen LogP contribution in [0.2, 0.25) is 0 Å². The van der Waals surface area contributed by atoms with Gasteiger partial charge in [-0.2, -0.15) is 18.3 Å². The Hall–Kier alpha value is -3.10. The van der Waals surface area contributed by atoms with Crippen LogP contribution < -0.4 is 10.2 Å². The number of hydrogen-bond acceptors (Lipinski definition) is 5. The zero-order valence-electron chi connectivity index (χ0n) is 14.7. The average molecular weight is 381 g/mol. The van der Waals surface area contributed by atoms with E-state index in [-0.39, 0.29) is 11.8 Å². The predicted molar refractivity (Wildman–Crippen MR) is 96.1 cm³/mol. The fourth-order valence-electron chi connectivity index (χ4n) is 2.08. The minimum absolute atomic E-state index is 0.0893. The van der Waals surface area contributed by atoms with Crippen LogP contribution in [-0.4, -0.2) is 17.2 Å². The summed E-state index contributed by atoms with van der Waals surface area (Å²) < 4.78 is 43.7. The van der Waals surface area contributed by atoms with Crippen molar-refractivity contribution in [3.05, 3.63) is 63.7 Å². The van der Waals surface area contributed by atoms with Gasteiger partial charge in [-0.25, -0.2) is 0 Å². The fourth-order valence-corrected chi connectivity index (χ4v) is 2.08. The SMILES string of the molecule is CC[C@@H](C)Oc1ccc(/C=N\Nc2ccc(C(F)(F)F)cc2[N+](=O)[O-])cc1. The highest BCUT2D eigenvalue weighted by Gasteiger charge is 2.33. The Labute approximate surface area is 153 Å². The third kappa shape index (κ3) is 5.70. The van der Waals surface area contributed by atoms with Crippen LogP contribution in [0.25, 0.3) is 0 Å². The second-order valence-electron chi connectivity index (χ2n) is 5.76. The molecule has 0 bridgehead atoms. The number of anilines is 1. The summed E-state index contributed by atoms with van der Waals surface area (Å²) in [6, 6.07) is 9.20. The van der Waals surface area contributed by atoms with E-state index in [1.807, 2.05) is 13.8 Å². The van der Waals surface area contributed by atoms with E-state index in [0.29, 0.717) is 17.4 Å². The molecule has 0 aliphatic heterocycles. The van der Waals surface area contributed by atoms with Crippen molar-refractivity contribution < 1.29 is 22.8 Å². The molecule has 144 valence electrons. The first-order valence-electron chi connectivity index (χ1n) is 8.12. The van der Waals surface area contributed by atoms with Gasteiger partial charge in [-0.15, -0.1) is 0 Å². The molecule has 0 saturated carbocycles. The van der Waals surface area contributed by atoms with Gasteiger partial charge in [-0.3, -0.25) is 15.5 Å². The highest BCUT2D eigenvalue weighted by molar-refractivity contribution is 5.80. The summed E-state index contributed by atoms with van der Waals surface area (Å²) in [7, 11) is 0. The molecule has 0 unspecified atom stereocenters. The summed E-state index contributed by atoms with van der Waals surface area (Å²) in [4.78, 5) is 10.1. The molecule has 0 radical (unpaired) electrons. The van der Waals surface area contributed by atoms with Crippen LogP contribution in [0.1, 0.15) is 31.4 Å². The second-order valence-corrected chi connectivity index (χ2v) is 5.76. The van der Waals surface area contributed by atoms with Crippen LogP contribution in [0, 0.1) is 10.1 Å². The van der Waals surface area contributed by atoms with Crippen molar-refractivity contribution in [3.8, 4) is 5.75 Å². The Kier molecular flexibility index (Phi) is 6.38. The van der Waals surface area contributed by atoms with Crippen molar-refractivity contribution in [1.82, 2.24) is 0 Å². The van der Waals surface area contributed by atoms with Crippen molar-refractivity contribution in [1.29, 1.82) is 0 Å². The molecule has 0 fully saturated rings.